The van der Waals surface area contributed by atoms with Crippen molar-refractivity contribution in [3.05, 3.63) is 53.3 Å². The van der Waals surface area contributed by atoms with Crippen molar-refractivity contribution >= 4 is 29.4 Å². The van der Waals surface area contributed by atoms with Gasteiger partial charge in [0.2, 0.25) is 5.95 Å². The SMILES string of the molecule is CN=C(CC=N)Nc1ncc2c(n1)C(C(Cc1ccccc1)=NC)C(=N)CC2. The topological polar surface area (TPSA) is 110 Å². The fourth-order valence-electron chi connectivity index (χ4n) is 3.40. The Hall–Kier alpha value is -3.22. The maximum Gasteiger partial charge on any atom is 0.228 e. The Morgan fingerprint density at radius 2 is 2.00 bits per heavy atom. The van der Waals surface area contributed by atoms with E-state index in [4.69, 9.17) is 15.8 Å². The molecule has 1 heterocycles. The van der Waals surface area contributed by atoms with Gasteiger partial charge in [0, 0.05) is 50.8 Å². The van der Waals surface area contributed by atoms with Crippen LogP contribution in [0.1, 0.15) is 35.6 Å². The number of hydrogen-bond donors (Lipinski definition) is 3. The van der Waals surface area contributed by atoms with Crippen molar-refractivity contribution in [2.24, 2.45) is 9.98 Å². The van der Waals surface area contributed by atoms with Crippen LogP contribution in [0.15, 0.2) is 46.5 Å². The van der Waals surface area contributed by atoms with E-state index in [1.54, 1.807) is 14.1 Å². The number of anilines is 1. The van der Waals surface area contributed by atoms with E-state index in [-0.39, 0.29) is 5.92 Å². The summed E-state index contributed by atoms with van der Waals surface area (Å²) in [6, 6.07) is 10.2. The maximum atomic E-state index is 8.58. The number of amidine groups is 1. The molecule has 7 heteroatoms. The van der Waals surface area contributed by atoms with Gasteiger partial charge in [0.05, 0.1) is 11.6 Å². The van der Waals surface area contributed by atoms with E-state index in [0.29, 0.717) is 36.8 Å². The van der Waals surface area contributed by atoms with Gasteiger partial charge in [-0.3, -0.25) is 9.98 Å². The Kier molecular flexibility index (Phi) is 6.37. The summed E-state index contributed by atoms with van der Waals surface area (Å²) < 4.78 is 0. The minimum atomic E-state index is -0.234. The first-order valence-electron chi connectivity index (χ1n) is 9.30. The molecule has 0 radical (unpaired) electrons. The number of benzene rings is 1. The van der Waals surface area contributed by atoms with E-state index >= 15 is 0 Å². The zero-order chi connectivity index (χ0) is 19.9. The average molecular weight is 375 g/mol. The van der Waals surface area contributed by atoms with E-state index in [0.717, 1.165) is 23.4 Å². The molecule has 1 atom stereocenters. The lowest BCUT2D eigenvalue weighted by Gasteiger charge is -2.27. The van der Waals surface area contributed by atoms with Gasteiger partial charge in [-0.25, -0.2) is 9.97 Å². The second-order valence-electron chi connectivity index (χ2n) is 6.64. The van der Waals surface area contributed by atoms with Crippen LogP contribution >= 0.6 is 0 Å². The smallest absolute Gasteiger partial charge is 0.228 e. The molecule has 1 aliphatic rings. The molecule has 1 aromatic heterocycles. The molecule has 3 N–H and O–H groups in total. The summed E-state index contributed by atoms with van der Waals surface area (Å²) in [5.41, 5.74) is 4.64. The third-order valence-corrected chi connectivity index (χ3v) is 4.85. The van der Waals surface area contributed by atoms with Crippen LogP contribution in [0, 0.1) is 10.8 Å². The molecule has 0 amide bonds. The molecule has 3 rings (SSSR count). The van der Waals surface area contributed by atoms with E-state index in [1.807, 2.05) is 24.4 Å². The summed E-state index contributed by atoms with van der Waals surface area (Å²) in [7, 11) is 3.45. The molecule has 0 aliphatic heterocycles. The molecule has 28 heavy (non-hydrogen) atoms. The second-order valence-corrected chi connectivity index (χ2v) is 6.64. The summed E-state index contributed by atoms with van der Waals surface area (Å²) >= 11 is 0. The second kappa shape index (κ2) is 9.12. The summed E-state index contributed by atoms with van der Waals surface area (Å²) in [6.45, 7) is 0. The summed E-state index contributed by atoms with van der Waals surface area (Å²) in [6.07, 6.45) is 5.66. The molecule has 2 aromatic rings. The van der Waals surface area contributed by atoms with Crippen molar-refractivity contribution in [1.29, 1.82) is 10.8 Å². The fraction of sp³-hybridized carbons (Fsp3) is 0.333. The van der Waals surface area contributed by atoms with Crippen molar-refractivity contribution in [2.45, 2.75) is 31.6 Å². The third kappa shape index (κ3) is 4.36. The van der Waals surface area contributed by atoms with Crippen LogP contribution in [0.2, 0.25) is 0 Å². The van der Waals surface area contributed by atoms with Crippen molar-refractivity contribution < 1.29 is 0 Å². The fourth-order valence-corrected chi connectivity index (χ4v) is 3.40. The van der Waals surface area contributed by atoms with Crippen molar-refractivity contribution in [2.75, 3.05) is 19.4 Å². The van der Waals surface area contributed by atoms with E-state index in [9.17, 15) is 0 Å². The lowest BCUT2D eigenvalue weighted by molar-refractivity contribution is 0.847. The molecule has 1 unspecified atom stereocenters. The molecule has 7 nitrogen and oxygen atoms in total. The van der Waals surface area contributed by atoms with Crippen LogP contribution in [0.3, 0.4) is 0 Å². The van der Waals surface area contributed by atoms with Gasteiger partial charge in [-0.1, -0.05) is 30.3 Å². The Morgan fingerprint density at radius 1 is 1.21 bits per heavy atom. The molecular weight excluding hydrogens is 350 g/mol. The standard InChI is InChI=1S/C21H25N7/c1-24-17(12-14-6-4-3-5-7-14)19-16(23)9-8-15-13-26-21(28-20(15)19)27-18(25-2)10-11-22/h3-7,11,13,19,22-23H,8-10,12H2,1-2H3,(H,25,26,27,28). The van der Waals surface area contributed by atoms with Crippen LogP contribution in [0.4, 0.5) is 5.95 Å². The quantitative estimate of drug-likeness (QED) is 0.532. The van der Waals surface area contributed by atoms with Crippen LogP contribution in [-0.2, 0) is 12.8 Å². The first kappa shape index (κ1) is 19.5. The predicted molar refractivity (Wildman–Crippen MR) is 115 cm³/mol. The molecule has 144 valence electrons. The van der Waals surface area contributed by atoms with Gasteiger partial charge < -0.3 is 16.1 Å². The van der Waals surface area contributed by atoms with Crippen molar-refractivity contribution in [1.82, 2.24) is 9.97 Å². The number of aryl methyl sites for hydroxylation is 1. The number of rotatable bonds is 6. The number of fused-ring (bicyclic) bond motifs is 1. The number of nitrogens with one attached hydrogen (secondary N) is 3. The average Bonchev–Trinajstić information content (AvgIpc) is 2.72. The number of hydrogen-bond acceptors (Lipinski definition) is 6. The van der Waals surface area contributed by atoms with Gasteiger partial charge in [-0.05, 0) is 24.0 Å². The Bertz CT molecular complexity index is 916. The van der Waals surface area contributed by atoms with Gasteiger partial charge in [0.1, 0.15) is 5.84 Å². The van der Waals surface area contributed by atoms with Crippen molar-refractivity contribution in [3.8, 4) is 0 Å². The Labute approximate surface area is 165 Å². The highest BCUT2D eigenvalue weighted by molar-refractivity contribution is 6.12. The normalized spacial score (nSPS) is 17.2. The molecule has 0 saturated carbocycles. The van der Waals surface area contributed by atoms with Crippen molar-refractivity contribution in [3.63, 3.8) is 0 Å². The summed E-state index contributed by atoms with van der Waals surface area (Å²) in [5.74, 6) is 0.837. The van der Waals surface area contributed by atoms with E-state index < -0.39 is 0 Å². The molecule has 0 bridgehead atoms. The van der Waals surface area contributed by atoms with Crippen LogP contribution in [0.25, 0.3) is 0 Å². The zero-order valence-corrected chi connectivity index (χ0v) is 16.2. The van der Waals surface area contributed by atoms with E-state index in [1.165, 1.54) is 11.8 Å². The molecular formula is C21H25N7. The number of aromatic nitrogens is 2. The van der Waals surface area contributed by atoms with Gasteiger partial charge >= 0.3 is 0 Å². The molecule has 1 aliphatic carbocycles. The minimum absolute atomic E-state index is 0.234. The number of nitrogens with zero attached hydrogens (tertiary/aromatic N) is 4. The monoisotopic (exact) mass is 375 g/mol. The Balaban J connectivity index is 1.94. The summed E-state index contributed by atoms with van der Waals surface area (Å²) in [5, 5.41) is 18.9. The highest BCUT2D eigenvalue weighted by atomic mass is 15.1. The largest absolute Gasteiger partial charge is 0.313 e. The number of aliphatic imine (C=N–C) groups is 2. The van der Waals surface area contributed by atoms with Gasteiger partial charge in [0.15, 0.2) is 0 Å². The van der Waals surface area contributed by atoms with E-state index in [2.05, 4.69) is 32.4 Å². The van der Waals surface area contributed by atoms with Gasteiger partial charge in [-0.15, -0.1) is 0 Å². The summed E-state index contributed by atoms with van der Waals surface area (Å²) in [4.78, 5) is 17.8. The lowest BCUT2D eigenvalue weighted by Crippen LogP contribution is -2.30. The minimum Gasteiger partial charge on any atom is -0.313 e. The van der Waals surface area contributed by atoms with Gasteiger partial charge in [-0.2, -0.15) is 0 Å². The molecule has 0 spiro atoms. The van der Waals surface area contributed by atoms with Crippen LogP contribution in [-0.4, -0.2) is 47.5 Å². The molecule has 0 saturated heterocycles. The molecule has 0 fully saturated rings. The Morgan fingerprint density at radius 3 is 2.68 bits per heavy atom. The van der Waals surface area contributed by atoms with Crippen LogP contribution in [0.5, 0.6) is 0 Å². The molecule has 1 aromatic carbocycles. The highest BCUT2D eigenvalue weighted by Gasteiger charge is 2.31. The first-order chi connectivity index (χ1) is 13.7. The third-order valence-electron chi connectivity index (χ3n) is 4.85. The maximum absolute atomic E-state index is 8.58. The first-order valence-corrected chi connectivity index (χ1v) is 9.30. The zero-order valence-electron chi connectivity index (χ0n) is 16.2. The van der Waals surface area contributed by atoms with Crippen LogP contribution < -0.4 is 5.32 Å². The highest BCUT2D eigenvalue weighted by Crippen LogP contribution is 2.30. The van der Waals surface area contributed by atoms with Gasteiger partial charge in [0.25, 0.3) is 0 Å². The predicted octanol–water partition coefficient (Wildman–Crippen LogP) is 3.32. The lowest BCUT2D eigenvalue weighted by atomic mass is 9.80.